The second kappa shape index (κ2) is 5.96. The minimum absolute atomic E-state index is 0.155. The number of rotatable bonds is 4. The van der Waals surface area contributed by atoms with Gasteiger partial charge in [0.05, 0.1) is 13.3 Å². The van der Waals surface area contributed by atoms with Gasteiger partial charge in [-0.15, -0.1) is 0 Å². The van der Waals surface area contributed by atoms with Crippen LogP contribution in [0.25, 0.3) is 16.7 Å². The Bertz CT molecular complexity index is 971. The van der Waals surface area contributed by atoms with Crippen LogP contribution in [-0.2, 0) is 6.42 Å². The van der Waals surface area contributed by atoms with Gasteiger partial charge in [0.1, 0.15) is 22.6 Å². The molecule has 0 amide bonds. The quantitative estimate of drug-likeness (QED) is 0.750. The Kier molecular flexibility index (Phi) is 3.65. The maximum absolute atomic E-state index is 12.4. The summed E-state index contributed by atoms with van der Waals surface area (Å²) in [7, 11) is 1.61. The van der Waals surface area contributed by atoms with Crippen molar-refractivity contribution in [2.24, 2.45) is 5.92 Å². The summed E-state index contributed by atoms with van der Waals surface area (Å²) in [6.07, 6.45) is 8.86. The van der Waals surface area contributed by atoms with E-state index in [9.17, 15) is 4.79 Å². The van der Waals surface area contributed by atoms with Gasteiger partial charge in [-0.1, -0.05) is 24.3 Å². The summed E-state index contributed by atoms with van der Waals surface area (Å²) in [5, 5.41) is 4.83. The van der Waals surface area contributed by atoms with Crippen molar-refractivity contribution >= 4 is 11.0 Å². The van der Waals surface area contributed by atoms with Gasteiger partial charge in [0, 0.05) is 6.42 Å². The van der Waals surface area contributed by atoms with Gasteiger partial charge >= 0.3 is 0 Å². The zero-order chi connectivity index (χ0) is 16.5. The van der Waals surface area contributed by atoms with Crippen LogP contribution in [-0.4, -0.2) is 26.9 Å². The van der Waals surface area contributed by atoms with Crippen LogP contribution in [0.1, 0.15) is 18.7 Å². The molecule has 0 saturated carbocycles. The fraction of sp³-hybridized carbons (Fsp3) is 0.278. The highest BCUT2D eigenvalue weighted by molar-refractivity contribution is 5.75. The summed E-state index contributed by atoms with van der Waals surface area (Å²) < 4.78 is 7.07. The van der Waals surface area contributed by atoms with E-state index in [-0.39, 0.29) is 5.56 Å². The second-order valence-electron chi connectivity index (χ2n) is 5.95. The van der Waals surface area contributed by atoms with Crippen molar-refractivity contribution in [3.05, 3.63) is 58.8 Å². The molecule has 2 heterocycles. The van der Waals surface area contributed by atoms with Gasteiger partial charge in [0.2, 0.25) is 0 Å². The summed E-state index contributed by atoms with van der Waals surface area (Å²) in [5.41, 5.74) is 1.16. The number of nitrogens with zero attached hydrogens (tertiary/aromatic N) is 3. The normalized spacial score (nSPS) is 16.8. The van der Waals surface area contributed by atoms with E-state index in [1.165, 1.54) is 0 Å². The average Bonchev–Trinajstić information content (AvgIpc) is 3.24. The number of ether oxygens (including phenoxy) is 1. The van der Waals surface area contributed by atoms with Crippen LogP contribution in [0.2, 0.25) is 0 Å². The standard InChI is InChI=1S/C18H18N4O2/c1-24-15-9-5-4-8-14(15)22-17-13(11-19-22)18(23)21-16(20-17)10-12-6-2-3-7-12/h2,4-6,8-9,11-12H,3,7,10H2,1H3,(H,20,21,23). The molecule has 1 atom stereocenters. The lowest BCUT2D eigenvalue weighted by Gasteiger charge is -2.10. The summed E-state index contributed by atoms with van der Waals surface area (Å²) in [5.74, 6) is 1.82. The molecule has 1 aromatic carbocycles. The Hall–Kier alpha value is -2.89. The van der Waals surface area contributed by atoms with E-state index < -0.39 is 0 Å². The zero-order valence-electron chi connectivity index (χ0n) is 13.4. The molecule has 6 nitrogen and oxygen atoms in total. The minimum Gasteiger partial charge on any atom is -0.494 e. The number of nitrogens with one attached hydrogen (secondary N) is 1. The molecular formula is C18H18N4O2. The topological polar surface area (TPSA) is 72.8 Å². The first-order chi connectivity index (χ1) is 11.8. The second-order valence-corrected chi connectivity index (χ2v) is 5.95. The first-order valence-electron chi connectivity index (χ1n) is 8.03. The maximum Gasteiger partial charge on any atom is 0.262 e. The lowest BCUT2D eigenvalue weighted by Crippen LogP contribution is -2.14. The van der Waals surface area contributed by atoms with Crippen molar-refractivity contribution in [3.8, 4) is 11.4 Å². The van der Waals surface area contributed by atoms with Crippen LogP contribution in [0.3, 0.4) is 0 Å². The average molecular weight is 322 g/mol. The number of benzene rings is 1. The lowest BCUT2D eigenvalue weighted by atomic mass is 10.1. The lowest BCUT2D eigenvalue weighted by molar-refractivity contribution is 0.412. The fourth-order valence-electron chi connectivity index (χ4n) is 3.16. The highest BCUT2D eigenvalue weighted by Crippen LogP contribution is 2.25. The first kappa shape index (κ1) is 14.7. The Balaban J connectivity index is 1.83. The largest absolute Gasteiger partial charge is 0.494 e. The third-order valence-corrected chi connectivity index (χ3v) is 4.37. The third-order valence-electron chi connectivity index (χ3n) is 4.37. The Morgan fingerprint density at radius 3 is 3.04 bits per heavy atom. The molecule has 1 aliphatic rings. The predicted molar refractivity (Wildman–Crippen MR) is 91.6 cm³/mol. The number of allylic oxidation sites excluding steroid dienone is 2. The number of para-hydroxylation sites is 2. The van der Waals surface area contributed by atoms with Crippen molar-refractivity contribution in [1.29, 1.82) is 0 Å². The third kappa shape index (κ3) is 2.50. The molecule has 1 aliphatic carbocycles. The van der Waals surface area contributed by atoms with Crippen LogP contribution >= 0.6 is 0 Å². The molecule has 1 unspecified atom stereocenters. The van der Waals surface area contributed by atoms with Crippen LogP contribution in [0.4, 0.5) is 0 Å². The highest BCUT2D eigenvalue weighted by Gasteiger charge is 2.16. The fourth-order valence-corrected chi connectivity index (χ4v) is 3.16. The molecule has 24 heavy (non-hydrogen) atoms. The van der Waals surface area contributed by atoms with E-state index in [2.05, 4.69) is 27.2 Å². The minimum atomic E-state index is -0.155. The molecule has 3 aromatic rings. The van der Waals surface area contributed by atoms with Crippen LogP contribution in [0.15, 0.2) is 47.4 Å². The molecule has 4 rings (SSSR count). The maximum atomic E-state index is 12.4. The smallest absolute Gasteiger partial charge is 0.262 e. The number of methoxy groups -OCH3 is 1. The van der Waals surface area contributed by atoms with Crippen LogP contribution in [0.5, 0.6) is 5.75 Å². The SMILES string of the molecule is COc1ccccc1-n1ncc2c(=O)[nH]c(CC3C=CCC3)nc21. The Morgan fingerprint density at radius 2 is 2.25 bits per heavy atom. The summed E-state index contributed by atoms with van der Waals surface area (Å²) >= 11 is 0. The van der Waals surface area contributed by atoms with Gasteiger partial charge in [0.15, 0.2) is 5.65 Å². The van der Waals surface area contributed by atoms with Gasteiger partial charge in [-0.2, -0.15) is 5.10 Å². The summed E-state index contributed by atoms with van der Waals surface area (Å²) in [6, 6.07) is 7.56. The van der Waals surface area contributed by atoms with E-state index in [1.807, 2.05) is 24.3 Å². The van der Waals surface area contributed by atoms with Crippen LogP contribution < -0.4 is 10.3 Å². The van der Waals surface area contributed by atoms with E-state index in [0.717, 1.165) is 24.9 Å². The first-order valence-corrected chi connectivity index (χ1v) is 8.03. The molecule has 0 saturated heterocycles. The number of H-pyrrole nitrogens is 1. The van der Waals surface area contributed by atoms with Crippen molar-refractivity contribution < 1.29 is 4.74 Å². The zero-order valence-corrected chi connectivity index (χ0v) is 13.4. The van der Waals surface area contributed by atoms with Crippen molar-refractivity contribution in [2.75, 3.05) is 7.11 Å². The molecule has 0 spiro atoms. The molecule has 2 aromatic heterocycles. The van der Waals surface area contributed by atoms with E-state index in [4.69, 9.17) is 4.74 Å². The summed E-state index contributed by atoms with van der Waals surface area (Å²) in [4.78, 5) is 19.9. The monoisotopic (exact) mass is 322 g/mol. The summed E-state index contributed by atoms with van der Waals surface area (Å²) in [6.45, 7) is 0. The highest BCUT2D eigenvalue weighted by atomic mass is 16.5. The van der Waals surface area contributed by atoms with Gasteiger partial charge in [-0.3, -0.25) is 4.79 Å². The van der Waals surface area contributed by atoms with Crippen molar-refractivity contribution in [3.63, 3.8) is 0 Å². The van der Waals surface area contributed by atoms with Gasteiger partial charge < -0.3 is 9.72 Å². The Labute approximate surface area is 138 Å². The Morgan fingerprint density at radius 1 is 1.38 bits per heavy atom. The van der Waals surface area contributed by atoms with Crippen molar-refractivity contribution in [1.82, 2.24) is 19.7 Å². The predicted octanol–water partition coefficient (Wildman–Crippen LogP) is 2.63. The number of aromatic amines is 1. The van der Waals surface area contributed by atoms with Gasteiger partial charge in [0.25, 0.3) is 5.56 Å². The number of aromatic nitrogens is 4. The molecule has 6 heteroatoms. The molecular weight excluding hydrogens is 304 g/mol. The number of hydrogen-bond acceptors (Lipinski definition) is 4. The van der Waals surface area contributed by atoms with Crippen molar-refractivity contribution in [2.45, 2.75) is 19.3 Å². The molecule has 0 fully saturated rings. The molecule has 122 valence electrons. The van der Waals surface area contributed by atoms with Gasteiger partial charge in [-0.25, -0.2) is 9.67 Å². The molecule has 0 bridgehead atoms. The molecule has 0 aliphatic heterocycles. The van der Waals surface area contributed by atoms with E-state index in [1.54, 1.807) is 18.0 Å². The number of fused-ring (bicyclic) bond motifs is 1. The molecule has 0 radical (unpaired) electrons. The van der Waals surface area contributed by atoms with E-state index >= 15 is 0 Å². The van der Waals surface area contributed by atoms with Gasteiger partial charge in [-0.05, 0) is 30.9 Å². The van der Waals surface area contributed by atoms with E-state index in [0.29, 0.717) is 28.5 Å². The molecule has 1 N–H and O–H groups in total. The number of hydrogen-bond donors (Lipinski definition) is 1. The van der Waals surface area contributed by atoms with Crippen LogP contribution in [0, 0.1) is 5.92 Å².